The SMILES string of the molecule is Brc1nc(-c2ccncn2)ns1. The number of hydrogen-bond acceptors (Lipinski definition) is 5. The zero-order valence-corrected chi connectivity index (χ0v) is 8.21. The zero-order valence-electron chi connectivity index (χ0n) is 5.81. The molecule has 2 rings (SSSR count). The van der Waals surface area contributed by atoms with Crippen molar-refractivity contribution in [3.63, 3.8) is 0 Å². The maximum absolute atomic E-state index is 4.11. The summed E-state index contributed by atoms with van der Waals surface area (Å²) in [6.45, 7) is 0. The summed E-state index contributed by atoms with van der Waals surface area (Å²) in [4.78, 5) is 11.9. The molecule has 0 bridgehead atoms. The highest BCUT2D eigenvalue weighted by molar-refractivity contribution is 9.11. The van der Waals surface area contributed by atoms with Crippen molar-refractivity contribution < 1.29 is 0 Å². The Bertz CT molecular complexity index is 374. The van der Waals surface area contributed by atoms with Gasteiger partial charge in [-0.05, 0) is 33.5 Å². The van der Waals surface area contributed by atoms with Crippen molar-refractivity contribution in [3.8, 4) is 11.5 Å². The molecule has 2 aromatic heterocycles. The van der Waals surface area contributed by atoms with Crippen LogP contribution in [0.2, 0.25) is 0 Å². The van der Waals surface area contributed by atoms with Crippen molar-refractivity contribution in [1.29, 1.82) is 0 Å². The van der Waals surface area contributed by atoms with Gasteiger partial charge in [0.2, 0.25) is 0 Å². The van der Waals surface area contributed by atoms with Gasteiger partial charge in [0.05, 0.1) is 0 Å². The van der Waals surface area contributed by atoms with Gasteiger partial charge in [-0.25, -0.2) is 15.0 Å². The van der Waals surface area contributed by atoms with Gasteiger partial charge < -0.3 is 0 Å². The van der Waals surface area contributed by atoms with Crippen LogP contribution in [0, 0.1) is 0 Å². The molecule has 2 aromatic rings. The third kappa shape index (κ3) is 1.49. The second-order valence-electron chi connectivity index (χ2n) is 1.97. The van der Waals surface area contributed by atoms with E-state index in [2.05, 4.69) is 35.3 Å². The van der Waals surface area contributed by atoms with E-state index in [1.54, 1.807) is 12.3 Å². The second kappa shape index (κ2) is 3.24. The summed E-state index contributed by atoms with van der Waals surface area (Å²) in [6.07, 6.45) is 3.14. The van der Waals surface area contributed by atoms with Crippen LogP contribution in [0.15, 0.2) is 22.5 Å². The molecule has 0 saturated carbocycles. The molecule has 6 heteroatoms. The van der Waals surface area contributed by atoms with Gasteiger partial charge in [0.15, 0.2) is 9.74 Å². The normalized spacial score (nSPS) is 10.1. The molecule has 4 nitrogen and oxygen atoms in total. The van der Waals surface area contributed by atoms with Gasteiger partial charge in [0.1, 0.15) is 12.0 Å². The molecule has 0 atom stereocenters. The van der Waals surface area contributed by atoms with Crippen molar-refractivity contribution in [2.24, 2.45) is 0 Å². The fraction of sp³-hybridized carbons (Fsp3) is 0. The molecular weight excluding hydrogens is 240 g/mol. The van der Waals surface area contributed by atoms with Crippen molar-refractivity contribution in [3.05, 3.63) is 22.5 Å². The third-order valence-electron chi connectivity index (χ3n) is 1.21. The van der Waals surface area contributed by atoms with Gasteiger partial charge in [0, 0.05) is 6.20 Å². The monoisotopic (exact) mass is 242 g/mol. The first-order chi connectivity index (χ1) is 5.86. The Hall–Kier alpha value is -0.880. The van der Waals surface area contributed by atoms with E-state index in [1.165, 1.54) is 17.9 Å². The van der Waals surface area contributed by atoms with E-state index in [0.29, 0.717) is 5.82 Å². The zero-order chi connectivity index (χ0) is 8.39. The first-order valence-electron chi connectivity index (χ1n) is 3.12. The van der Waals surface area contributed by atoms with Crippen LogP contribution in [0.25, 0.3) is 11.5 Å². The van der Waals surface area contributed by atoms with E-state index in [1.807, 2.05) is 0 Å². The first kappa shape index (κ1) is 7.75. The molecule has 0 saturated heterocycles. The molecule has 0 fully saturated rings. The number of halogens is 1. The highest BCUT2D eigenvalue weighted by atomic mass is 79.9. The fourth-order valence-electron chi connectivity index (χ4n) is 0.732. The summed E-state index contributed by atoms with van der Waals surface area (Å²) in [5.74, 6) is 0.634. The minimum absolute atomic E-state index is 0.634. The smallest absolute Gasteiger partial charge is 0.192 e. The molecule has 0 amide bonds. The lowest BCUT2D eigenvalue weighted by Crippen LogP contribution is -1.84. The highest BCUT2D eigenvalue weighted by Gasteiger charge is 2.04. The van der Waals surface area contributed by atoms with Gasteiger partial charge in [-0.2, -0.15) is 4.37 Å². The van der Waals surface area contributed by atoms with Crippen LogP contribution in [-0.2, 0) is 0 Å². The van der Waals surface area contributed by atoms with Crippen molar-refractivity contribution >= 4 is 27.5 Å². The standard InChI is InChI=1S/C6H3BrN4S/c7-6-10-5(11-12-6)4-1-2-8-3-9-4/h1-3H. The van der Waals surface area contributed by atoms with Gasteiger partial charge >= 0.3 is 0 Å². The molecule has 0 unspecified atom stereocenters. The highest BCUT2D eigenvalue weighted by Crippen LogP contribution is 2.18. The predicted octanol–water partition coefficient (Wildman–Crippen LogP) is 1.76. The number of hydrogen-bond donors (Lipinski definition) is 0. The van der Waals surface area contributed by atoms with E-state index < -0.39 is 0 Å². The first-order valence-corrected chi connectivity index (χ1v) is 4.68. The lowest BCUT2D eigenvalue weighted by atomic mass is 10.4. The van der Waals surface area contributed by atoms with E-state index in [9.17, 15) is 0 Å². The predicted molar refractivity (Wildman–Crippen MR) is 48.6 cm³/mol. The van der Waals surface area contributed by atoms with Crippen LogP contribution in [-0.4, -0.2) is 19.3 Å². The summed E-state index contributed by atoms with van der Waals surface area (Å²) in [6, 6.07) is 1.77. The molecule has 0 aliphatic heterocycles. The van der Waals surface area contributed by atoms with Crippen molar-refractivity contribution in [2.75, 3.05) is 0 Å². The third-order valence-corrected chi connectivity index (χ3v) is 2.33. The number of rotatable bonds is 1. The minimum Gasteiger partial charge on any atom is -0.245 e. The molecule has 0 radical (unpaired) electrons. The topological polar surface area (TPSA) is 51.6 Å². The molecular formula is C6H3BrN4S. The Morgan fingerprint density at radius 1 is 1.42 bits per heavy atom. The maximum Gasteiger partial charge on any atom is 0.192 e. The molecule has 0 aliphatic rings. The lowest BCUT2D eigenvalue weighted by molar-refractivity contribution is 1.14. The Morgan fingerprint density at radius 2 is 2.33 bits per heavy atom. The summed E-state index contributed by atoms with van der Waals surface area (Å²) in [7, 11) is 0. The minimum atomic E-state index is 0.634. The maximum atomic E-state index is 4.11. The van der Waals surface area contributed by atoms with Crippen LogP contribution in [0.5, 0.6) is 0 Å². The Labute approximate surface area is 81.0 Å². The average Bonchev–Trinajstić information content (AvgIpc) is 2.54. The quantitative estimate of drug-likeness (QED) is 0.765. The summed E-state index contributed by atoms with van der Waals surface area (Å²) in [5, 5.41) is 0. The fourth-order valence-corrected chi connectivity index (χ4v) is 1.54. The van der Waals surface area contributed by atoms with Crippen LogP contribution in [0.3, 0.4) is 0 Å². The van der Waals surface area contributed by atoms with Crippen molar-refractivity contribution in [1.82, 2.24) is 19.3 Å². The second-order valence-corrected chi connectivity index (χ2v) is 3.99. The van der Waals surface area contributed by atoms with E-state index in [4.69, 9.17) is 0 Å². The van der Waals surface area contributed by atoms with E-state index in [-0.39, 0.29) is 0 Å². The van der Waals surface area contributed by atoms with Gasteiger partial charge in [-0.15, -0.1) is 0 Å². The summed E-state index contributed by atoms with van der Waals surface area (Å²) in [5.41, 5.74) is 0.743. The van der Waals surface area contributed by atoms with Crippen LogP contribution < -0.4 is 0 Å². The van der Waals surface area contributed by atoms with Crippen LogP contribution in [0.4, 0.5) is 0 Å². The van der Waals surface area contributed by atoms with E-state index in [0.717, 1.165) is 9.61 Å². The van der Waals surface area contributed by atoms with Gasteiger partial charge in [0.25, 0.3) is 0 Å². The molecule has 2 heterocycles. The molecule has 0 spiro atoms. The molecule has 0 aromatic carbocycles. The van der Waals surface area contributed by atoms with E-state index >= 15 is 0 Å². The Balaban J connectivity index is 2.45. The molecule has 0 aliphatic carbocycles. The van der Waals surface area contributed by atoms with Gasteiger partial charge in [-0.3, -0.25) is 0 Å². The number of nitrogens with zero attached hydrogens (tertiary/aromatic N) is 4. The van der Waals surface area contributed by atoms with Crippen LogP contribution in [0.1, 0.15) is 0 Å². The van der Waals surface area contributed by atoms with Crippen LogP contribution >= 0.6 is 27.5 Å². The molecule has 12 heavy (non-hydrogen) atoms. The Kier molecular flexibility index (Phi) is 2.09. The Morgan fingerprint density at radius 3 is 2.92 bits per heavy atom. The van der Waals surface area contributed by atoms with Crippen molar-refractivity contribution in [2.45, 2.75) is 0 Å². The summed E-state index contributed by atoms with van der Waals surface area (Å²) >= 11 is 4.53. The largest absolute Gasteiger partial charge is 0.245 e. The number of aromatic nitrogens is 4. The van der Waals surface area contributed by atoms with Gasteiger partial charge in [-0.1, -0.05) is 0 Å². The molecule has 60 valence electrons. The average molecular weight is 243 g/mol. The summed E-state index contributed by atoms with van der Waals surface area (Å²) < 4.78 is 4.84. The lowest BCUT2D eigenvalue weighted by Gasteiger charge is -1.89. The molecule has 0 N–H and O–H groups in total.